The average molecular weight is 519 g/mol. The molecule has 0 fully saturated rings. The summed E-state index contributed by atoms with van der Waals surface area (Å²) in [7, 11) is 0. The van der Waals surface area contributed by atoms with Gasteiger partial charge in [-0.1, -0.05) is 129 Å². The lowest BCUT2D eigenvalue weighted by atomic mass is 9.55. The molecule has 0 nitrogen and oxygen atoms in total. The monoisotopic (exact) mass is 518 g/mol. The molecule has 0 radical (unpaired) electrons. The number of hydrogen-bond donors (Lipinski definition) is 0. The van der Waals surface area contributed by atoms with Crippen molar-refractivity contribution < 1.29 is 0 Å². The van der Waals surface area contributed by atoms with E-state index in [9.17, 15) is 0 Å². The summed E-state index contributed by atoms with van der Waals surface area (Å²) in [6.07, 6.45) is 0. The Morgan fingerprint density at radius 3 is 1.67 bits per heavy atom. The molecule has 0 bridgehead atoms. The zero-order valence-electron chi connectivity index (χ0n) is 22.0. The van der Waals surface area contributed by atoms with E-state index in [0.29, 0.717) is 0 Å². The molecule has 0 atom stereocenters. The Bertz CT molecular complexity index is 1910. The van der Waals surface area contributed by atoms with Gasteiger partial charge in [-0.05, 0) is 90.7 Å². The van der Waals surface area contributed by atoms with Crippen LogP contribution in [0.15, 0.2) is 127 Å². The smallest absolute Gasteiger partial charge is 0.0719 e. The van der Waals surface area contributed by atoms with Gasteiger partial charge in [-0.15, -0.1) is 0 Å². The van der Waals surface area contributed by atoms with Crippen LogP contribution >= 0.6 is 11.6 Å². The SMILES string of the molecule is CC1(C)c2ccccc2C2(c3ccccc3-c3ccc(-c4ccc5cc(Cl)ccc5c4)cc32)c2ccccc21. The van der Waals surface area contributed by atoms with Crippen molar-refractivity contribution in [3.05, 3.63) is 166 Å². The fraction of sp³-hybridized carbons (Fsp3) is 0.105. The third-order valence-corrected chi connectivity index (χ3v) is 9.42. The number of benzene rings is 6. The molecule has 0 N–H and O–H groups in total. The summed E-state index contributed by atoms with van der Waals surface area (Å²) in [6, 6.07) is 47.1. The van der Waals surface area contributed by atoms with Crippen LogP contribution in [0.2, 0.25) is 5.02 Å². The maximum atomic E-state index is 6.27. The summed E-state index contributed by atoms with van der Waals surface area (Å²) in [5.41, 5.74) is 13.0. The van der Waals surface area contributed by atoms with Crippen LogP contribution in [0.25, 0.3) is 33.0 Å². The van der Waals surface area contributed by atoms with Crippen molar-refractivity contribution in [3.63, 3.8) is 0 Å². The largest absolute Gasteiger partial charge is 0.0843 e. The Kier molecular flexibility index (Phi) is 4.65. The normalized spacial score (nSPS) is 15.5. The van der Waals surface area contributed by atoms with Crippen LogP contribution in [-0.4, -0.2) is 0 Å². The maximum absolute atomic E-state index is 6.27. The second-order valence-corrected chi connectivity index (χ2v) is 11.9. The lowest BCUT2D eigenvalue weighted by molar-refractivity contribution is 0.563. The van der Waals surface area contributed by atoms with E-state index >= 15 is 0 Å². The van der Waals surface area contributed by atoms with Gasteiger partial charge in [0.1, 0.15) is 0 Å². The number of hydrogen-bond acceptors (Lipinski definition) is 0. The molecule has 6 aromatic carbocycles. The molecule has 1 spiro atoms. The molecular formula is C38H27Cl. The fourth-order valence-corrected chi connectivity index (χ4v) is 7.62. The molecule has 2 aliphatic carbocycles. The van der Waals surface area contributed by atoms with Gasteiger partial charge in [0.05, 0.1) is 5.41 Å². The highest BCUT2D eigenvalue weighted by atomic mass is 35.5. The first-order valence-corrected chi connectivity index (χ1v) is 14.0. The minimum absolute atomic E-state index is 0.0899. The zero-order valence-corrected chi connectivity index (χ0v) is 22.8. The quantitative estimate of drug-likeness (QED) is 0.203. The first-order valence-electron chi connectivity index (χ1n) is 13.6. The maximum Gasteiger partial charge on any atom is 0.0719 e. The van der Waals surface area contributed by atoms with Crippen LogP contribution in [0.5, 0.6) is 0 Å². The van der Waals surface area contributed by atoms with Crippen LogP contribution in [0.3, 0.4) is 0 Å². The van der Waals surface area contributed by atoms with Gasteiger partial charge in [-0.2, -0.15) is 0 Å². The Balaban J connectivity index is 1.47. The summed E-state index contributed by atoms with van der Waals surface area (Å²) < 4.78 is 0. The highest BCUT2D eigenvalue weighted by molar-refractivity contribution is 6.31. The zero-order chi connectivity index (χ0) is 26.4. The molecule has 0 saturated carbocycles. The molecule has 186 valence electrons. The highest BCUT2D eigenvalue weighted by Crippen LogP contribution is 2.62. The van der Waals surface area contributed by atoms with Gasteiger partial charge in [0, 0.05) is 10.4 Å². The van der Waals surface area contributed by atoms with Crippen LogP contribution in [-0.2, 0) is 10.8 Å². The van der Waals surface area contributed by atoms with Crippen molar-refractivity contribution in [1.29, 1.82) is 0 Å². The molecule has 0 aromatic heterocycles. The summed E-state index contributed by atoms with van der Waals surface area (Å²) in [5.74, 6) is 0. The van der Waals surface area contributed by atoms with Crippen LogP contribution in [0.1, 0.15) is 47.2 Å². The molecule has 0 unspecified atom stereocenters. The number of rotatable bonds is 1. The molecule has 0 amide bonds. The molecule has 8 rings (SSSR count). The molecule has 6 aromatic rings. The van der Waals surface area contributed by atoms with E-state index in [1.165, 1.54) is 61.0 Å². The number of fused-ring (bicyclic) bond motifs is 10. The van der Waals surface area contributed by atoms with Gasteiger partial charge in [-0.3, -0.25) is 0 Å². The molecular weight excluding hydrogens is 492 g/mol. The first-order chi connectivity index (χ1) is 19.0. The van der Waals surface area contributed by atoms with Crippen LogP contribution < -0.4 is 0 Å². The number of halogens is 1. The Morgan fingerprint density at radius 1 is 0.436 bits per heavy atom. The summed E-state index contributed by atoms with van der Waals surface area (Å²) >= 11 is 6.27. The van der Waals surface area contributed by atoms with Crippen LogP contribution in [0.4, 0.5) is 0 Å². The lowest BCUT2D eigenvalue weighted by Crippen LogP contribution is -2.40. The Hall–Kier alpha value is -4.13. The van der Waals surface area contributed by atoms with E-state index in [4.69, 9.17) is 11.6 Å². The summed E-state index contributed by atoms with van der Waals surface area (Å²) in [4.78, 5) is 0. The summed E-state index contributed by atoms with van der Waals surface area (Å²) in [5, 5.41) is 3.13. The third-order valence-electron chi connectivity index (χ3n) is 9.19. The van der Waals surface area contributed by atoms with Crippen molar-refractivity contribution in [1.82, 2.24) is 0 Å². The standard InChI is InChI=1S/C38H27Cl/c1-37(2)32-11-5-7-13-34(32)38(35-14-8-6-12-33(35)37)31-10-4-3-9-29(31)30-20-18-27(23-36(30)38)24-15-16-26-22-28(39)19-17-25(26)21-24/h3-23H,1-2H3. The molecule has 39 heavy (non-hydrogen) atoms. The summed E-state index contributed by atoms with van der Waals surface area (Å²) in [6.45, 7) is 4.74. The fourth-order valence-electron chi connectivity index (χ4n) is 7.44. The van der Waals surface area contributed by atoms with E-state index in [-0.39, 0.29) is 10.8 Å². The first kappa shape index (κ1) is 22.8. The van der Waals surface area contributed by atoms with Crippen LogP contribution in [0, 0.1) is 0 Å². The van der Waals surface area contributed by atoms with Gasteiger partial charge in [-0.25, -0.2) is 0 Å². The minimum atomic E-state index is -0.366. The van der Waals surface area contributed by atoms with Crippen molar-refractivity contribution in [3.8, 4) is 22.3 Å². The van der Waals surface area contributed by atoms with Gasteiger partial charge < -0.3 is 0 Å². The average Bonchev–Trinajstić information content (AvgIpc) is 3.26. The van der Waals surface area contributed by atoms with Gasteiger partial charge in [0.25, 0.3) is 0 Å². The van der Waals surface area contributed by atoms with Gasteiger partial charge >= 0.3 is 0 Å². The van der Waals surface area contributed by atoms with Gasteiger partial charge in [0.2, 0.25) is 0 Å². The molecule has 0 saturated heterocycles. The second-order valence-electron chi connectivity index (χ2n) is 11.5. The highest BCUT2D eigenvalue weighted by Gasteiger charge is 2.53. The molecule has 2 aliphatic rings. The Morgan fingerprint density at radius 2 is 0.949 bits per heavy atom. The van der Waals surface area contributed by atoms with E-state index in [1.807, 2.05) is 12.1 Å². The van der Waals surface area contributed by atoms with E-state index < -0.39 is 0 Å². The topological polar surface area (TPSA) is 0 Å². The molecule has 1 heteroatoms. The van der Waals surface area contributed by atoms with E-state index in [2.05, 4.69) is 129 Å². The third kappa shape index (κ3) is 2.96. The second kappa shape index (κ2) is 7.94. The Labute approximate surface area is 234 Å². The van der Waals surface area contributed by atoms with E-state index in [0.717, 1.165) is 10.4 Å². The van der Waals surface area contributed by atoms with Crippen molar-refractivity contribution in [2.45, 2.75) is 24.7 Å². The van der Waals surface area contributed by atoms with Crippen molar-refractivity contribution in [2.75, 3.05) is 0 Å². The predicted octanol–water partition coefficient (Wildman–Crippen LogP) is 10.2. The van der Waals surface area contributed by atoms with Gasteiger partial charge in [0.15, 0.2) is 0 Å². The van der Waals surface area contributed by atoms with Crippen molar-refractivity contribution in [2.24, 2.45) is 0 Å². The van der Waals surface area contributed by atoms with E-state index in [1.54, 1.807) is 0 Å². The molecule has 0 aliphatic heterocycles. The van der Waals surface area contributed by atoms with Crippen molar-refractivity contribution >= 4 is 22.4 Å². The predicted molar refractivity (Wildman–Crippen MR) is 164 cm³/mol. The molecule has 0 heterocycles. The lowest BCUT2D eigenvalue weighted by Gasteiger charge is -2.46. The minimum Gasteiger partial charge on any atom is -0.0843 e.